The molecule has 0 saturated heterocycles. The summed E-state index contributed by atoms with van der Waals surface area (Å²) in [5, 5.41) is 1.26. The molecule has 70 valence electrons. The van der Waals surface area contributed by atoms with Gasteiger partial charge in [-0.3, -0.25) is 0 Å². The second kappa shape index (κ2) is 3.69. The van der Waals surface area contributed by atoms with E-state index in [1.54, 1.807) is 0 Å². The van der Waals surface area contributed by atoms with Gasteiger partial charge in [-0.05, 0) is 37.0 Å². The van der Waals surface area contributed by atoms with E-state index in [9.17, 15) is 0 Å². The maximum absolute atomic E-state index is 3.70. The van der Waals surface area contributed by atoms with Gasteiger partial charge < -0.3 is 0 Å². The molecule has 2 aliphatic rings. The number of alkyl halides is 1. The van der Waals surface area contributed by atoms with Crippen LogP contribution in [0.3, 0.4) is 0 Å². The zero-order valence-electron chi connectivity index (χ0n) is 7.82. The van der Waals surface area contributed by atoms with Crippen LogP contribution in [-0.4, -0.2) is 5.33 Å². The fourth-order valence-electron chi connectivity index (χ4n) is 3.36. The lowest BCUT2D eigenvalue weighted by Gasteiger charge is -2.40. The Bertz CT molecular complexity index is 147. The molecule has 12 heavy (non-hydrogen) atoms. The Labute approximate surface area is 84.2 Å². The van der Waals surface area contributed by atoms with Crippen molar-refractivity contribution in [2.24, 2.45) is 11.3 Å². The normalized spacial score (nSPS) is 34.2. The van der Waals surface area contributed by atoms with E-state index in [2.05, 4.69) is 15.9 Å². The van der Waals surface area contributed by atoms with Gasteiger partial charge in [0.2, 0.25) is 0 Å². The van der Waals surface area contributed by atoms with Gasteiger partial charge in [-0.25, -0.2) is 0 Å². The first-order chi connectivity index (χ1) is 5.87. The molecule has 0 aromatic rings. The molecule has 1 unspecified atom stereocenters. The van der Waals surface area contributed by atoms with Crippen LogP contribution in [0.5, 0.6) is 0 Å². The number of halogens is 1. The van der Waals surface area contributed by atoms with Crippen LogP contribution < -0.4 is 0 Å². The molecule has 2 rings (SSSR count). The van der Waals surface area contributed by atoms with Crippen molar-refractivity contribution in [1.82, 2.24) is 0 Å². The van der Waals surface area contributed by atoms with Crippen LogP contribution in [0.2, 0.25) is 0 Å². The Morgan fingerprint density at radius 2 is 1.58 bits per heavy atom. The minimum Gasteiger partial charge on any atom is -0.0925 e. The van der Waals surface area contributed by atoms with Crippen molar-refractivity contribution in [3.8, 4) is 0 Å². The number of hydrogen-bond acceptors (Lipinski definition) is 0. The minimum atomic E-state index is 0.793. The fraction of sp³-hybridized carbons (Fsp3) is 1.00. The Morgan fingerprint density at radius 3 is 2.17 bits per heavy atom. The van der Waals surface area contributed by atoms with E-state index < -0.39 is 0 Å². The Hall–Kier alpha value is 0.480. The summed E-state index contributed by atoms with van der Waals surface area (Å²) in [7, 11) is 0. The minimum absolute atomic E-state index is 0.793. The van der Waals surface area contributed by atoms with Crippen LogP contribution in [0.25, 0.3) is 0 Å². The van der Waals surface area contributed by atoms with Crippen molar-refractivity contribution in [3.05, 3.63) is 0 Å². The molecule has 1 atom stereocenters. The van der Waals surface area contributed by atoms with Gasteiger partial charge in [0.25, 0.3) is 0 Å². The molecular weight excluding hydrogens is 212 g/mol. The standard InChI is InChI=1S/C11H19Br/c12-9-10-5-1-2-6-11(10)7-3-4-8-11/h10H,1-9H2. The molecule has 0 amide bonds. The highest BCUT2D eigenvalue weighted by Crippen LogP contribution is 2.52. The molecular formula is C11H19Br. The van der Waals surface area contributed by atoms with Crippen LogP contribution in [-0.2, 0) is 0 Å². The monoisotopic (exact) mass is 230 g/mol. The van der Waals surface area contributed by atoms with Crippen LogP contribution in [0.15, 0.2) is 0 Å². The van der Waals surface area contributed by atoms with Gasteiger partial charge in [0.1, 0.15) is 0 Å². The smallest absolute Gasteiger partial charge is 0.00649 e. The summed E-state index contributed by atoms with van der Waals surface area (Å²) in [6, 6.07) is 0. The maximum Gasteiger partial charge on any atom is 0.00649 e. The third kappa shape index (κ3) is 1.45. The van der Waals surface area contributed by atoms with Crippen LogP contribution in [0, 0.1) is 11.3 Å². The number of hydrogen-bond donors (Lipinski definition) is 0. The molecule has 0 radical (unpaired) electrons. The van der Waals surface area contributed by atoms with E-state index in [0.717, 1.165) is 11.3 Å². The zero-order valence-corrected chi connectivity index (χ0v) is 9.41. The Kier molecular flexibility index (Phi) is 2.78. The topological polar surface area (TPSA) is 0 Å². The first kappa shape index (κ1) is 9.05. The average molecular weight is 231 g/mol. The molecule has 2 fully saturated rings. The summed E-state index contributed by atoms with van der Waals surface area (Å²) >= 11 is 3.70. The summed E-state index contributed by atoms with van der Waals surface area (Å²) in [6.45, 7) is 0. The molecule has 1 spiro atoms. The van der Waals surface area contributed by atoms with Gasteiger partial charge in [0.15, 0.2) is 0 Å². The van der Waals surface area contributed by atoms with E-state index in [-0.39, 0.29) is 0 Å². The second-order valence-corrected chi connectivity index (χ2v) is 5.31. The predicted molar refractivity (Wildman–Crippen MR) is 56.7 cm³/mol. The highest BCUT2D eigenvalue weighted by atomic mass is 79.9. The summed E-state index contributed by atoms with van der Waals surface area (Å²) in [4.78, 5) is 0. The number of rotatable bonds is 1. The molecule has 0 aromatic heterocycles. The highest BCUT2D eigenvalue weighted by molar-refractivity contribution is 9.09. The third-order valence-electron chi connectivity index (χ3n) is 4.13. The molecule has 1 heteroatoms. The lowest BCUT2D eigenvalue weighted by Crippen LogP contribution is -2.32. The van der Waals surface area contributed by atoms with Crippen molar-refractivity contribution in [2.45, 2.75) is 51.4 Å². The van der Waals surface area contributed by atoms with E-state index in [0.29, 0.717) is 0 Å². The van der Waals surface area contributed by atoms with E-state index >= 15 is 0 Å². The maximum atomic E-state index is 3.70. The molecule has 2 saturated carbocycles. The zero-order chi connectivity index (χ0) is 8.44. The first-order valence-electron chi connectivity index (χ1n) is 5.43. The molecule has 0 aromatic carbocycles. The summed E-state index contributed by atoms with van der Waals surface area (Å²) in [5.74, 6) is 1.01. The SMILES string of the molecule is BrCC1CCCCC12CCCC2. The molecule has 0 heterocycles. The quantitative estimate of drug-likeness (QED) is 0.595. The first-order valence-corrected chi connectivity index (χ1v) is 6.55. The van der Waals surface area contributed by atoms with E-state index in [1.165, 1.54) is 56.7 Å². The van der Waals surface area contributed by atoms with Crippen LogP contribution in [0.4, 0.5) is 0 Å². The van der Waals surface area contributed by atoms with Crippen molar-refractivity contribution in [2.75, 3.05) is 5.33 Å². The molecule has 0 aliphatic heterocycles. The second-order valence-electron chi connectivity index (χ2n) is 4.67. The van der Waals surface area contributed by atoms with Crippen molar-refractivity contribution in [3.63, 3.8) is 0 Å². The summed E-state index contributed by atoms with van der Waals surface area (Å²) in [6.07, 6.45) is 12.1. The molecule has 0 nitrogen and oxygen atoms in total. The van der Waals surface area contributed by atoms with Gasteiger partial charge in [-0.1, -0.05) is 41.6 Å². The molecule has 0 bridgehead atoms. The predicted octanol–water partition coefficient (Wildman–Crippen LogP) is 4.13. The lowest BCUT2D eigenvalue weighted by molar-refractivity contribution is 0.120. The van der Waals surface area contributed by atoms with Crippen molar-refractivity contribution < 1.29 is 0 Å². The average Bonchev–Trinajstić information content (AvgIpc) is 2.55. The fourth-order valence-corrected chi connectivity index (χ4v) is 4.37. The third-order valence-corrected chi connectivity index (χ3v) is 4.91. The summed E-state index contributed by atoms with van der Waals surface area (Å²) in [5.41, 5.74) is 0.793. The Balaban J connectivity index is 2.07. The molecule has 2 aliphatic carbocycles. The van der Waals surface area contributed by atoms with Crippen LogP contribution in [0.1, 0.15) is 51.4 Å². The van der Waals surface area contributed by atoms with Gasteiger partial charge in [0.05, 0.1) is 0 Å². The van der Waals surface area contributed by atoms with Crippen molar-refractivity contribution in [1.29, 1.82) is 0 Å². The van der Waals surface area contributed by atoms with E-state index in [4.69, 9.17) is 0 Å². The van der Waals surface area contributed by atoms with Gasteiger partial charge in [-0.15, -0.1) is 0 Å². The lowest BCUT2D eigenvalue weighted by atomic mass is 9.66. The van der Waals surface area contributed by atoms with Crippen LogP contribution >= 0.6 is 15.9 Å². The van der Waals surface area contributed by atoms with Gasteiger partial charge in [0, 0.05) is 5.33 Å². The van der Waals surface area contributed by atoms with E-state index in [1.807, 2.05) is 0 Å². The summed E-state index contributed by atoms with van der Waals surface area (Å²) < 4.78 is 0. The largest absolute Gasteiger partial charge is 0.0925 e. The highest BCUT2D eigenvalue weighted by Gasteiger charge is 2.41. The van der Waals surface area contributed by atoms with Crippen molar-refractivity contribution >= 4 is 15.9 Å². The Morgan fingerprint density at radius 1 is 1.00 bits per heavy atom. The van der Waals surface area contributed by atoms with Gasteiger partial charge in [-0.2, -0.15) is 0 Å². The molecule has 0 N–H and O–H groups in total. The van der Waals surface area contributed by atoms with Gasteiger partial charge >= 0.3 is 0 Å².